The van der Waals surface area contributed by atoms with Crippen molar-refractivity contribution in [2.75, 3.05) is 18.0 Å². The van der Waals surface area contributed by atoms with Crippen LogP contribution < -0.4 is 10.6 Å². The molecule has 5 heteroatoms. The minimum absolute atomic E-state index is 0.0872. The number of nitrogens with zero attached hydrogens (tertiary/aromatic N) is 3. The van der Waals surface area contributed by atoms with E-state index in [0.717, 1.165) is 42.9 Å². The van der Waals surface area contributed by atoms with Gasteiger partial charge in [-0.15, -0.1) is 0 Å². The molecule has 2 bridgehead atoms. The van der Waals surface area contributed by atoms with Gasteiger partial charge < -0.3 is 10.6 Å². The monoisotopic (exact) mass is 404 g/mol. The minimum atomic E-state index is -0.459. The molecule has 2 aromatic carbocycles. The average Bonchev–Trinajstić information content (AvgIpc) is 3.21. The Bertz CT molecular complexity index is 1020. The van der Waals surface area contributed by atoms with Gasteiger partial charge in [0.25, 0.3) is 0 Å². The number of benzene rings is 2. The number of nitrogens with two attached hydrogens (primary N) is 1. The lowest BCUT2D eigenvalue weighted by Gasteiger charge is -2.48. The summed E-state index contributed by atoms with van der Waals surface area (Å²) in [5, 5.41) is 9.09. The van der Waals surface area contributed by atoms with Crippen LogP contribution in [0.3, 0.4) is 0 Å². The number of halogens is 1. The summed E-state index contributed by atoms with van der Waals surface area (Å²) in [7, 11) is 0. The van der Waals surface area contributed by atoms with Crippen LogP contribution in [0.4, 0.5) is 10.1 Å². The van der Waals surface area contributed by atoms with E-state index in [0.29, 0.717) is 23.5 Å². The molecule has 3 saturated heterocycles. The SMILES string of the molecule is CC1(C)CN(c2ccc(CN3[C@@H]4CC[C@H]3[C@@H](N)C4)cc2-c2ccc(C#N)c(F)c2)C1. The Kier molecular flexibility index (Phi) is 4.61. The Labute approximate surface area is 178 Å². The van der Waals surface area contributed by atoms with Crippen LogP contribution in [-0.4, -0.2) is 36.1 Å². The van der Waals surface area contributed by atoms with Crippen molar-refractivity contribution in [3.63, 3.8) is 0 Å². The molecule has 30 heavy (non-hydrogen) atoms. The number of anilines is 1. The lowest BCUT2D eigenvalue weighted by Crippen LogP contribution is -2.53. The second kappa shape index (κ2) is 7.08. The van der Waals surface area contributed by atoms with Crippen LogP contribution in [0.5, 0.6) is 0 Å². The molecular formula is C25H29FN4. The first-order valence-corrected chi connectivity index (χ1v) is 10.9. The van der Waals surface area contributed by atoms with Gasteiger partial charge in [0, 0.05) is 49.0 Å². The van der Waals surface area contributed by atoms with Gasteiger partial charge in [0.05, 0.1) is 5.56 Å². The highest BCUT2D eigenvalue weighted by Gasteiger charge is 2.44. The van der Waals surface area contributed by atoms with E-state index >= 15 is 0 Å². The maximum atomic E-state index is 14.4. The summed E-state index contributed by atoms with van der Waals surface area (Å²) in [6.07, 6.45) is 3.53. The molecule has 0 unspecified atom stereocenters. The Morgan fingerprint density at radius 1 is 1.17 bits per heavy atom. The molecule has 0 spiro atoms. The van der Waals surface area contributed by atoms with E-state index in [1.165, 1.54) is 24.5 Å². The fraction of sp³-hybridized carbons (Fsp3) is 0.480. The van der Waals surface area contributed by atoms with Crippen LogP contribution in [0.2, 0.25) is 0 Å². The predicted octanol–water partition coefficient (Wildman–Crippen LogP) is 4.27. The van der Waals surface area contributed by atoms with E-state index < -0.39 is 5.82 Å². The number of rotatable bonds is 4. The van der Waals surface area contributed by atoms with E-state index in [2.05, 4.69) is 41.8 Å². The molecule has 5 rings (SSSR count). The van der Waals surface area contributed by atoms with E-state index in [9.17, 15) is 4.39 Å². The van der Waals surface area contributed by atoms with Crippen LogP contribution in [0.25, 0.3) is 11.1 Å². The van der Waals surface area contributed by atoms with Crippen molar-refractivity contribution in [3.8, 4) is 17.2 Å². The third kappa shape index (κ3) is 3.29. The van der Waals surface area contributed by atoms with Crippen molar-refractivity contribution in [2.24, 2.45) is 11.1 Å². The summed E-state index contributed by atoms with van der Waals surface area (Å²) in [5.41, 5.74) is 11.0. The molecule has 3 atom stereocenters. The smallest absolute Gasteiger partial charge is 0.141 e. The van der Waals surface area contributed by atoms with Gasteiger partial charge in [0.15, 0.2) is 0 Å². The molecule has 0 aromatic heterocycles. The molecule has 2 N–H and O–H groups in total. The van der Waals surface area contributed by atoms with Gasteiger partial charge in [-0.3, -0.25) is 4.90 Å². The molecule has 156 valence electrons. The first-order valence-electron chi connectivity index (χ1n) is 10.9. The topological polar surface area (TPSA) is 56.3 Å². The van der Waals surface area contributed by atoms with Gasteiger partial charge in [0.1, 0.15) is 11.9 Å². The van der Waals surface area contributed by atoms with Crippen molar-refractivity contribution in [1.29, 1.82) is 5.26 Å². The van der Waals surface area contributed by atoms with Crippen LogP contribution in [0, 0.1) is 22.6 Å². The van der Waals surface area contributed by atoms with Crippen LogP contribution >= 0.6 is 0 Å². The Hall–Kier alpha value is -2.42. The molecule has 2 aromatic rings. The Morgan fingerprint density at radius 3 is 2.57 bits per heavy atom. The molecule has 0 saturated carbocycles. The van der Waals surface area contributed by atoms with Crippen molar-refractivity contribution in [3.05, 3.63) is 53.3 Å². The van der Waals surface area contributed by atoms with Gasteiger partial charge >= 0.3 is 0 Å². The standard InChI is InChI=1S/C25H29FN4/c1-25(2)14-29(15-25)23-7-3-16(13-30-19-6-8-24(30)22(28)11-19)9-20(23)17-4-5-18(12-27)21(26)10-17/h3-5,7,9-10,19,22,24H,6,8,11,13-15,28H2,1-2H3/t19-,22+,24+/m1/s1. The molecule has 3 aliphatic heterocycles. The maximum absolute atomic E-state index is 14.4. The number of hydrogen-bond donors (Lipinski definition) is 1. The zero-order chi connectivity index (χ0) is 21.0. The highest BCUT2D eigenvalue weighted by Crippen LogP contribution is 2.42. The first-order chi connectivity index (χ1) is 14.3. The van der Waals surface area contributed by atoms with E-state index in [1.54, 1.807) is 6.07 Å². The Morgan fingerprint density at radius 2 is 1.97 bits per heavy atom. The Balaban J connectivity index is 1.50. The van der Waals surface area contributed by atoms with Crippen LogP contribution in [-0.2, 0) is 6.54 Å². The molecule has 0 aliphatic carbocycles. The van der Waals surface area contributed by atoms with Crippen LogP contribution in [0.1, 0.15) is 44.2 Å². The van der Waals surface area contributed by atoms with Crippen molar-refractivity contribution in [1.82, 2.24) is 4.90 Å². The maximum Gasteiger partial charge on any atom is 0.141 e. The summed E-state index contributed by atoms with van der Waals surface area (Å²) in [6.45, 7) is 7.41. The largest absolute Gasteiger partial charge is 0.370 e. The molecule has 3 fully saturated rings. The molecule has 4 nitrogen and oxygen atoms in total. The second-order valence-corrected chi connectivity index (χ2v) is 10.0. The van der Waals surface area contributed by atoms with Gasteiger partial charge in [-0.1, -0.05) is 26.0 Å². The van der Waals surface area contributed by atoms with Gasteiger partial charge in [-0.2, -0.15) is 5.26 Å². The number of hydrogen-bond acceptors (Lipinski definition) is 4. The number of fused-ring (bicyclic) bond motifs is 2. The molecule has 3 heterocycles. The summed E-state index contributed by atoms with van der Waals surface area (Å²) in [6, 6.07) is 14.9. The number of nitriles is 1. The highest BCUT2D eigenvalue weighted by atomic mass is 19.1. The summed E-state index contributed by atoms with van der Waals surface area (Å²) >= 11 is 0. The van der Waals surface area contributed by atoms with E-state index in [4.69, 9.17) is 11.0 Å². The van der Waals surface area contributed by atoms with Crippen molar-refractivity contribution in [2.45, 2.75) is 57.8 Å². The summed E-state index contributed by atoms with van der Waals surface area (Å²) in [5.74, 6) is -0.459. The zero-order valence-electron chi connectivity index (χ0n) is 17.7. The average molecular weight is 405 g/mol. The third-order valence-electron chi connectivity index (χ3n) is 7.13. The fourth-order valence-corrected chi connectivity index (χ4v) is 5.73. The van der Waals surface area contributed by atoms with E-state index in [-0.39, 0.29) is 5.56 Å². The van der Waals surface area contributed by atoms with Gasteiger partial charge in [0.2, 0.25) is 0 Å². The normalized spacial score (nSPS) is 27.2. The summed E-state index contributed by atoms with van der Waals surface area (Å²) in [4.78, 5) is 4.93. The zero-order valence-corrected chi connectivity index (χ0v) is 17.7. The van der Waals surface area contributed by atoms with Crippen molar-refractivity contribution >= 4 is 5.69 Å². The highest BCUT2D eigenvalue weighted by molar-refractivity contribution is 5.80. The van der Waals surface area contributed by atoms with E-state index in [1.807, 2.05) is 12.1 Å². The van der Waals surface area contributed by atoms with Crippen molar-refractivity contribution < 1.29 is 4.39 Å². The molecule has 3 aliphatic rings. The second-order valence-electron chi connectivity index (χ2n) is 10.0. The molecular weight excluding hydrogens is 375 g/mol. The molecule has 0 radical (unpaired) electrons. The quantitative estimate of drug-likeness (QED) is 0.827. The molecule has 0 amide bonds. The lowest BCUT2D eigenvalue weighted by atomic mass is 9.83. The predicted molar refractivity (Wildman–Crippen MR) is 117 cm³/mol. The van der Waals surface area contributed by atoms with Gasteiger partial charge in [-0.05, 0) is 60.1 Å². The minimum Gasteiger partial charge on any atom is -0.370 e. The van der Waals surface area contributed by atoms with Gasteiger partial charge in [-0.25, -0.2) is 4.39 Å². The fourth-order valence-electron chi connectivity index (χ4n) is 5.73. The summed E-state index contributed by atoms with van der Waals surface area (Å²) < 4.78 is 14.4. The van der Waals surface area contributed by atoms with Crippen LogP contribution in [0.15, 0.2) is 36.4 Å². The lowest BCUT2D eigenvalue weighted by molar-refractivity contribution is 0.239. The first kappa shape index (κ1) is 19.5. The third-order valence-corrected chi connectivity index (χ3v) is 7.13.